The van der Waals surface area contributed by atoms with Gasteiger partial charge in [-0.05, 0) is 45.2 Å². The molecule has 0 fully saturated rings. The predicted molar refractivity (Wildman–Crippen MR) is 85.3 cm³/mol. The summed E-state index contributed by atoms with van der Waals surface area (Å²) in [6, 6.07) is 6.77. The molecule has 1 aromatic carbocycles. The van der Waals surface area contributed by atoms with Crippen LogP contribution in [0, 0.1) is 19.3 Å². The minimum Gasteiger partial charge on any atom is -0.207 e. The third kappa shape index (κ3) is 3.55. The molecule has 0 amide bonds. The topological polar surface area (TPSA) is 37.4 Å². The highest BCUT2D eigenvalue weighted by Crippen LogP contribution is 2.26. The quantitative estimate of drug-likeness (QED) is 0.633. The maximum Gasteiger partial charge on any atom is 0.244 e. The highest BCUT2D eigenvalue weighted by Gasteiger charge is 2.30. The highest BCUT2D eigenvalue weighted by atomic mass is 32.2. The van der Waals surface area contributed by atoms with Gasteiger partial charge in [0.2, 0.25) is 10.0 Å². The van der Waals surface area contributed by atoms with Gasteiger partial charge in [0.25, 0.3) is 0 Å². The van der Waals surface area contributed by atoms with Crippen molar-refractivity contribution in [3.63, 3.8) is 0 Å². The Morgan fingerprint density at radius 1 is 1.29 bits per heavy atom. The van der Waals surface area contributed by atoms with Crippen LogP contribution in [0.15, 0.2) is 40.8 Å². The second-order valence-electron chi connectivity index (χ2n) is 5.54. The summed E-state index contributed by atoms with van der Waals surface area (Å²) in [6.45, 7) is 4.08. The van der Waals surface area contributed by atoms with Gasteiger partial charge in [0, 0.05) is 6.04 Å². The second kappa shape index (κ2) is 6.46. The van der Waals surface area contributed by atoms with Crippen molar-refractivity contribution in [3.8, 4) is 12.3 Å². The van der Waals surface area contributed by atoms with Crippen molar-refractivity contribution < 1.29 is 8.42 Å². The molecule has 0 spiro atoms. The first-order valence-electron chi connectivity index (χ1n) is 7.14. The fourth-order valence-corrected chi connectivity index (χ4v) is 4.15. The van der Waals surface area contributed by atoms with Crippen LogP contribution in [0.25, 0.3) is 0 Å². The Kier molecular flexibility index (Phi) is 4.87. The van der Waals surface area contributed by atoms with E-state index in [9.17, 15) is 8.42 Å². The van der Waals surface area contributed by atoms with Gasteiger partial charge in [0.15, 0.2) is 0 Å². The monoisotopic (exact) mass is 303 g/mol. The number of sulfonamides is 1. The van der Waals surface area contributed by atoms with Crippen molar-refractivity contribution in [2.24, 2.45) is 0 Å². The van der Waals surface area contributed by atoms with Crippen LogP contribution in [0.2, 0.25) is 0 Å². The maximum atomic E-state index is 12.8. The van der Waals surface area contributed by atoms with Crippen LogP contribution in [0.1, 0.15) is 31.7 Å². The first-order chi connectivity index (χ1) is 9.95. The van der Waals surface area contributed by atoms with Gasteiger partial charge in [-0.25, -0.2) is 8.42 Å². The lowest BCUT2D eigenvalue weighted by molar-refractivity contribution is 0.361. The lowest BCUT2D eigenvalue weighted by Crippen LogP contribution is -2.40. The Morgan fingerprint density at radius 3 is 2.52 bits per heavy atom. The lowest BCUT2D eigenvalue weighted by atomic mass is 9.97. The predicted octanol–water partition coefficient (Wildman–Crippen LogP) is 3.12. The van der Waals surface area contributed by atoms with E-state index < -0.39 is 10.0 Å². The van der Waals surface area contributed by atoms with Gasteiger partial charge in [0.05, 0.1) is 11.4 Å². The smallest absolute Gasteiger partial charge is 0.207 e. The summed E-state index contributed by atoms with van der Waals surface area (Å²) in [6.07, 6.45) is 10.3. The SMILES string of the molecule is C#CCN(C1C=C(C)CCC1)S(=O)(=O)c1ccc(C)cc1. The van der Waals surface area contributed by atoms with Crippen molar-refractivity contribution in [1.29, 1.82) is 0 Å². The molecule has 0 aromatic heterocycles. The highest BCUT2D eigenvalue weighted by molar-refractivity contribution is 7.89. The van der Waals surface area contributed by atoms with Crippen LogP contribution in [0.5, 0.6) is 0 Å². The van der Waals surface area contributed by atoms with Crippen LogP contribution < -0.4 is 0 Å². The standard InChI is InChI=1S/C17H21NO2S/c1-4-12-18(16-7-5-6-15(3)13-16)21(19,20)17-10-8-14(2)9-11-17/h1,8-11,13,16H,5-7,12H2,2-3H3. The number of terminal acetylenes is 1. The Hall–Kier alpha value is -1.57. The molecule has 1 aliphatic rings. The Morgan fingerprint density at radius 2 is 1.95 bits per heavy atom. The fourth-order valence-electron chi connectivity index (χ4n) is 2.63. The van der Waals surface area contributed by atoms with Gasteiger partial charge in [-0.2, -0.15) is 4.31 Å². The number of hydrogen-bond donors (Lipinski definition) is 0. The van der Waals surface area contributed by atoms with Gasteiger partial charge in [-0.1, -0.05) is 35.3 Å². The molecule has 4 heteroatoms. The van der Waals surface area contributed by atoms with E-state index in [0.29, 0.717) is 4.90 Å². The van der Waals surface area contributed by atoms with E-state index in [2.05, 4.69) is 5.92 Å². The van der Waals surface area contributed by atoms with Gasteiger partial charge < -0.3 is 0 Å². The number of aryl methyl sites for hydroxylation is 1. The fraction of sp³-hybridized carbons (Fsp3) is 0.412. The molecular formula is C17H21NO2S. The van der Waals surface area contributed by atoms with E-state index in [1.165, 1.54) is 9.88 Å². The number of benzene rings is 1. The zero-order chi connectivity index (χ0) is 15.5. The molecule has 112 valence electrons. The molecule has 1 atom stereocenters. The molecule has 21 heavy (non-hydrogen) atoms. The maximum absolute atomic E-state index is 12.8. The minimum absolute atomic E-state index is 0.102. The summed E-state index contributed by atoms with van der Waals surface area (Å²) in [7, 11) is -3.56. The molecule has 2 rings (SSSR count). The van der Waals surface area contributed by atoms with Crippen LogP contribution in [0.3, 0.4) is 0 Å². The Balaban J connectivity index is 2.39. The van der Waals surface area contributed by atoms with Gasteiger partial charge in [-0.3, -0.25) is 0 Å². The van der Waals surface area contributed by atoms with E-state index in [1.54, 1.807) is 12.1 Å². The molecule has 1 aromatic rings. The average Bonchev–Trinajstić information content (AvgIpc) is 2.45. The average molecular weight is 303 g/mol. The normalized spacial score (nSPS) is 19.1. The summed E-state index contributed by atoms with van der Waals surface area (Å²) in [4.78, 5) is 0.306. The largest absolute Gasteiger partial charge is 0.244 e. The third-order valence-electron chi connectivity index (χ3n) is 3.79. The van der Waals surface area contributed by atoms with Crippen LogP contribution in [-0.4, -0.2) is 25.3 Å². The summed E-state index contributed by atoms with van der Waals surface area (Å²) in [5, 5.41) is 0. The first kappa shape index (κ1) is 15.8. The molecule has 0 saturated heterocycles. The number of rotatable bonds is 4. The summed E-state index contributed by atoms with van der Waals surface area (Å²) in [5.74, 6) is 2.48. The van der Waals surface area contributed by atoms with Crippen molar-refractivity contribution in [2.45, 2.75) is 44.0 Å². The Labute approximate surface area is 127 Å². The number of allylic oxidation sites excluding steroid dienone is 1. The number of nitrogens with zero attached hydrogens (tertiary/aromatic N) is 1. The van der Waals surface area contributed by atoms with E-state index in [4.69, 9.17) is 6.42 Å². The van der Waals surface area contributed by atoms with Gasteiger partial charge in [-0.15, -0.1) is 6.42 Å². The molecule has 0 radical (unpaired) electrons. The summed E-state index contributed by atoms with van der Waals surface area (Å²) < 4.78 is 27.1. The number of hydrogen-bond acceptors (Lipinski definition) is 2. The summed E-state index contributed by atoms with van der Waals surface area (Å²) >= 11 is 0. The van der Waals surface area contributed by atoms with Crippen LogP contribution in [0.4, 0.5) is 0 Å². The molecular weight excluding hydrogens is 282 g/mol. The van der Waals surface area contributed by atoms with Crippen LogP contribution in [-0.2, 0) is 10.0 Å². The molecule has 0 bridgehead atoms. The summed E-state index contributed by atoms with van der Waals surface area (Å²) in [5.41, 5.74) is 2.26. The van der Waals surface area contributed by atoms with Crippen molar-refractivity contribution >= 4 is 10.0 Å². The Bertz CT molecular complexity index is 666. The van der Waals surface area contributed by atoms with Gasteiger partial charge in [0.1, 0.15) is 0 Å². The molecule has 0 heterocycles. The van der Waals surface area contributed by atoms with Crippen LogP contribution >= 0.6 is 0 Å². The molecule has 3 nitrogen and oxygen atoms in total. The van der Waals surface area contributed by atoms with Crippen molar-refractivity contribution in [2.75, 3.05) is 6.54 Å². The molecule has 0 aliphatic heterocycles. The zero-order valence-electron chi connectivity index (χ0n) is 12.5. The first-order valence-corrected chi connectivity index (χ1v) is 8.58. The zero-order valence-corrected chi connectivity index (χ0v) is 13.4. The third-order valence-corrected chi connectivity index (χ3v) is 5.68. The van der Waals surface area contributed by atoms with Crippen molar-refractivity contribution in [1.82, 2.24) is 4.31 Å². The minimum atomic E-state index is -3.56. The van der Waals surface area contributed by atoms with E-state index in [1.807, 2.05) is 32.1 Å². The molecule has 1 unspecified atom stereocenters. The molecule has 1 aliphatic carbocycles. The lowest BCUT2D eigenvalue weighted by Gasteiger charge is -2.30. The molecule has 0 saturated carbocycles. The van der Waals surface area contributed by atoms with E-state index in [0.717, 1.165) is 24.8 Å². The molecule has 0 N–H and O–H groups in total. The van der Waals surface area contributed by atoms with Crippen molar-refractivity contribution in [3.05, 3.63) is 41.5 Å². The van der Waals surface area contributed by atoms with E-state index in [-0.39, 0.29) is 12.6 Å². The van der Waals surface area contributed by atoms with E-state index >= 15 is 0 Å². The van der Waals surface area contributed by atoms with Gasteiger partial charge >= 0.3 is 0 Å². The second-order valence-corrected chi connectivity index (χ2v) is 7.43.